The first-order valence-corrected chi connectivity index (χ1v) is 5.24. The van der Waals surface area contributed by atoms with Gasteiger partial charge >= 0.3 is 0 Å². The molecule has 0 radical (unpaired) electrons. The lowest BCUT2D eigenvalue weighted by molar-refractivity contribution is 0.462. The molecule has 3 rings (SSSR count). The Balaban J connectivity index is 1.91. The molecule has 3 unspecified atom stereocenters. The number of hydrogen-bond acceptors (Lipinski definition) is 0. The maximum atomic E-state index is 2.44. The van der Waals surface area contributed by atoms with E-state index in [1.807, 2.05) is 11.1 Å². The van der Waals surface area contributed by atoms with Gasteiger partial charge in [-0.25, -0.2) is 0 Å². The molecule has 1 saturated carbocycles. The minimum Gasteiger partial charge on any atom is -0.0914 e. The van der Waals surface area contributed by atoms with Gasteiger partial charge in [0.25, 0.3) is 0 Å². The van der Waals surface area contributed by atoms with Crippen molar-refractivity contribution in [3.63, 3.8) is 0 Å². The zero-order valence-electron chi connectivity index (χ0n) is 7.72. The molecule has 0 nitrogen and oxygen atoms in total. The zero-order chi connectivity index (χ0) is 8.13. The smallest absolute Gasteiger partial charge is 0.0131 e. The van der Waals surface area contributed by atoms with Crippen molar-refractivity contribution in [2.45, 2.75) is 32.6 Å². The van der Waals surface area contributed by atoms with Gasteiger partial charge < -0.3 is 0 Å². The molecule has 64 valence electrons. The van der Waals surface area contributed by atoms with Crippen LogP contribution in [0, 0.1) is 17.8 Å². The fourth-order valence-corrected chi connectivity index (χ4v) is 3.52. The lowest BCUT2D eigenvalue weighted by atomic mass is 9.74. The Labute approximate surface area is 74.4 Å². The van der Waals surface area contributed by atoms with Gasteiger partial charge in [0.1, 0.15) is 0 Å². The Morgan fingerprint density at radius 3 is 2.58 bits per heavy atom. The standard InChI is InChI=1S/C12H16/c1-2-3-8-6-9-7-12(8)11-5-4-10(9)11/h2-3,8-9,12H,4-7H2,1H3. The SMILES string of the molecule is CC=CC1CC2CC1C1=C2CC1. The lowest BCUT2D eigenvalue weighted by Crippen LogP contribution is -2.18. The van der Waals surface area contributed by atoms with E-state index in [1.165, 1.54) is 25.7 Å². The summed E-state index contributed by atoms with van der Waals surface area (Å²) in [7, 11) is 0. The van der Waals surface area contributed by atoms with Gasteiger partial charge in [0, 0.05) is 0 Å². The summed E-state index contributed by atoms with van der Waals surface area (Å²) in [5, 5.41) is 0. The molecule has 3 aliphatic carbocycles. The van der Waals surface area contributed by atoms with E-state index in [9.17, 15) is 0 Å². The molecule has 0 heterocycles. The van der Waals surface area contributed by atoms with E-state index in [0.29, 0.717) is 0 Å². The van der Waals surface area contributed by atoms with Crippen molar-refractivity contribution < 1.29 is 0 Å². The zero-order valence-corrected chi connectivity index (χ0v) is 7.72. The van der Waals surface area contributed by atoms with Crippen LogP contribution < -0.4 is 0 Å². The second-order valence-corrected chi connectivity index (χ2v) is 4.51. The van der Waals surface area contributed by atoms with Gasteiger partial charge in [-0.05, 0) is 50.4 Å². The van der Waals surface area contributed by atoms with E-state index in [1.54, 1.807) is 0 Å². The molecule has 2 bridgehead atoms. The van der Waals surface area contributed by atoms with Crippen LogP contribution in [0.5, 0.6) is 0 Å². The molecule has 0 spiro atoms. The molecule has 3 aliphatic rings. The average Bonchev–Trinajstić information content (AvgIpc) is 2.40. The Morgan fingerprint density at radius 1 is 1.17 bits per heavy atom. The topological polar surface area (TPSA) is 0 Å². The Morgan fingerprint density at radius 2 is 2.00 bits per heavy atom. The Hall–Kier alpha value is -0.520. The summed E-state index contributed by atoms with van der Waals surface area (Å²) in [6, 6.07) is 0. The van der Waals surface area contributed by atoms with Crippen molar-refractivity contribution >= 4 is 0 Å². The number of fused-ring (bicyclic) bond motifs is 4. The Bertz CT molecular complexity index is 270. The minimum absolute atomic E-state index is 0.916. The summed E-state index contributed by atoms with van der Waals surface area (Å²) in [6.45, 7) is 2.15. The third-order valence-electron chi connectivity index (χ3n) is 4.07. The molecule has 0 aromatic rings. The first-order chi connectivity index (χ1) is 5.90. The van der Waals surface area contributed by atoms with Crippen molar-refractivity contribution in [3.8, 4) is 0 Å². The summed E-state index contributed by atoms with van der Waals surface area (Å²) < 4.78 is 0. The van der Waals surface area contributed by atoms with E-state index in [2.05, 4.69) is 19.1 Å². The molecule has 3 atom stereocenters. The summed E-state index contributed by atoms with van der Waals surface area (Å²) in [5.74, 6) is 2.91. The maximum Gasteiger partial charge on any atom is -0.0131 e. The highest BCUT2D eigenvalue weighted by Gasteiger charge is 2.46. The Kier molecular flexibility index (Phi) is 1.30. The third-order valence-corrected chi connectivity index (χ3v) is 4.07. The van der Waals surface area contributed by atoms with E-state index >= 15 is 0 Å². The second kappa shape index (κ2) is 2.25. The van der Waals surface area contributed by atoms with E-state index in [4.69, 9.17) is 0 Å². The van der Waals surface area contributed by atoms with Crippen LogP contribution in [0.2, 0.25) is 0 Å². The van der Waals surface area contributed by atoms with Gasteiger partial charge in [-0.1, -0.05) is 23.3 Å². The molecule has 0 heteroatoms. The molecule has 0 aromatic heterocycles. The van der Waals surface area contributed by atoms with Crippen LogP contribution in [0.3, 0.4) is 0 Å². The van der Waals surface area contributed by atoms with Crippen molar-refractivity contribution in [2.75, 3.05) is 0 Å². The van der Waals surface area contributed by atoms with Crippen LogP contribution in [0.25, 0.3) is 0 Å². The molecule has 0 amide bonds. The molecule has 0 aliphatic heterocycles. The van der Waals surface area contributed by atoms with Gasteiger partial charge in [0.05, 0.1) is 0 Å². The van der Waals surface area contributed by atoms with Crippen molar-refractivity contribution in [1.29, 1.82) is 0 Å². The van der Waals surface area contributed by atoms with Crippen LogP contribution >= 0.6 is 0 Å². The van der Waals surface area contributed by atoms with Gasteiger partial charge in [0.2, 0.25) is 0 Å². The quantitative estimate of drug-likeness (QED) is 0.516. The van der Waals surface area contributed by atoms with Crippen LogP contribution in [0.4, 0.5) is 0 Å². The number of hydrogen-bond donors (Lipinski definition) is 0. The first kappa shape index (κ1) is 6.94. The van der Waals surface area contributed by atoms with Gasteiger partial charge in [-0.3, -0.25) is 0 Å². The third kappa shape index (κ3) is 0.688. The summed E-state index contributed by atoms with van der Waals surface area (Å²) >= 11 is 0. The van der Waals surface area contributed by atoms with E-state index < -0.39 is 0 Å². The average molecular weight is 160 g/mol. The van der Waals surface area contributed by atoms with Crippen LogP contribution in [0.15, 0.2) is 23.3 Å². The molecular weight excluding hydrogens is 144 g/mol. The molecule has 1 fully saturated rings. The summed E-state index contributed by atoms with van der Waals surface area (Å²) in [5.41, 5.74) is 3.75. The van der Waals surface area contributed by atoms with Crippen molar-refractivity contribution in [1.82, 2.24) is 0 Å². The fraction of sp³-hybridized carbons (Fsp3) is 0.667. The number of allylic oxidation sites excluding steroid dienone is 4. The van der Waals surface area contributed by atoms with Crippen LogP contribution in [0.1, 0.15) is 32.6 Å². The lowest BCUT2D eigenvalue weighted by Gasteiger charge is -2.32. The molecular formula is C12H16. The fourth-order valence-electron chi connectivity index (χ4n) is 3.52. The predicted octanol–water partition coefficient (Wildman–Crippen LogP) is 3.31. The largest absolute Gasteiger partial charge is 0.0914 e. The molecule has 0 N–H and O–H groups in total. The normalized spacial score (nSPS) is 43.9. The highest BCUT2D eigenvalue weighted by Crippen LogP contribution is 2.59. The molecule has 0 saturated heterocycles. The minimum atomic E-state index is 0.916. The molecule has 12 heavy (non-hydrogen) atoms. The molecule has 0 aromatic carbocycles. The van der Waals surface area contributed by atoms with Crippen molar-refractivity contribution in [3.05, 3.63) is 23.3 Å². The summed E-state index contributed by atoms with van der Waals surface area (Å²) in [4.78, 5) is 0. The highest BCUT2D eigenvalue weighted by molar-refractivity contribution is 5.38. The van der Waals surface area contributed by atoms with Crippen LogP contribution in [-0.4, -0.2) is 0 Å². The van der Waals surface area contributed by atoms with E-state index in [-0.39, 0.29) is 0 Å². The predicted molar refractivity (Wildman–Crippen MR) is 50.8 cm³/mol. The number of rotatable bonds is 1. The second-order valence-electron chi connectivity index (χ2n) is 4.51. The van der Waals surface area contributed by atoms with Gasteiger partial charge in [0.15, 0.2) is 0 Å². The van der Waals surface area contributed by atoms with E-state index in [0.717, 1.165) is 17.8 Å². The summed E-state index contributed by atoms with van der Waals surface area (Å²) in [6.07, 6.45) is 10.5. The first-order valence-electron chi connectivity index (χ1n) is 5.24. The highest BCUT2D eigenvalue weighted by atomic mass is 14.5. The van der Waals surface area contributed by atoms with Crippen molar-refractivity contribution in [2.24, 2.45) is 17.8 Å². The van der Waals surface area contributed by atoms with Crippen LogP contribution in [-0.2, 0) is 0 Å². The maximum absolute atomic E-state index is 2.44. The monoisotopic (exact) mass is 160 g/mol. The van der Waals surface area contributed by atoms with Gasteiger partial charge in [-0.15, -0.1) is 0 Å². The van der Waals surface area contributed by atoms with Gasteiger partial charge in [-0.2, -0.15) is 0 Å².